The number of aromatic nitrogens is 2. The number of carbonyl (C=O) groups is 1. The Balaban J connectivity index is 2.23. The van der Waals surface area contributed by atoms with E-state index in [1.54, 1.807) is 4.90 Å². The third-order valence-electron chi connectivity index (χ3n) is 3.34. The Morgan fingerprint density at radius 2 is 2.06 bits per heavy atom. The van der Waals surface area contributed by atoms with Crippen LogP contribution in [0.5, 0.6) is 0 Å². The Labute approximate surface area is 116 Å². The van der Waals surface area contributed by atoms with E-state index < -0.39 is 0 Å². The van der Waals surface area contributed by atoms with E-state index in [4.69, 9.17) is 0 Å². The fourth-order valence-electron chi connectivity index (χ4n) is 2.20. The molecule has 18 heavy (non-hydrogen) atoms. The van der Waals surface area contributed by atoms with Crippen LogP contribution in [-0.2, 0) is 19.5 Å². The van der Waals surface area contributed by atoms with Gasteiger partial charge in [0.2, 0.25) is 0 Å². The van der Waals surface area contributed by atoms with Gasteiger partial charge in [-0.2, -0.15) is 5.10 Å². The molecular formula is C12H19BrN4O. The molecule has 0 spiro atoms. The highest BCUT2D eigenvalue weighted by atomic mass is 79.9. The number of hydrogen-bond acceptors (Lipinski definition) is 2. The normalized spacial score (nSPS) is 15.9. The first-order chi connectivity index (χ1) is 8.58. The molecule has 0 saturated carbocycles. The molecule has 0 aromatic carbocycles. The van der Waals surface area contributed by atoms with Gasteiger partial charge in [0.1, 0.15) is 0 Å². The smallest absolute Gasteiger partial charge is 0.320 e. The van der Waals surface area contributed by atoms with Crippen molar-refractivity contribution in [2.45, 2.75) is 33.4 Å². The van der Waals surface area contributed by atoms with Gasteiger partial charge < -0.3 is 9.80 Å². The molecule has 1 aromatic rings. The van der Waals surface area contributed by atoms with Gasteiger partial charge in [0.05, 0.1) is 22.4 Å². The summed E-state index contributed by atoms with van der Waals surface area (Å²) in [7, 11) is 1.84. The Bertz CT molecular complexity index is 457. The van der Waals surface area contributed by atoms with Crippen molar-refractivity contribution in [2.75, 3.05) is 20.1 Å². The van der Waals surface area contributed by atoms with E-state index in [1.165, 1.54) is 0 Å². The second-order valence-corrected chi connectivity index (χ2v) is 5.30. The molecule has 2 rings (SSSR count). The number of carbonyl (C=O) groups excluding carboxylic acids is 1. The molecular weight excluding hydrogens is 296 g/mol. The van der Waals surface area contributed by atoms with Crippen LogP contribution in [0.4, 0.5) is 4.79 Å². The molecule has 1 fully saturated rings. The summed E-state index contributed by atoms with van der Waals surface area (Å²) >= 11 is 3.61. The molecule has 0 atom stereocenters. The summed E-state index contributed by atoms with van der Waals surface area (Å²) in [6.07, 6.45) is 0.897. The van der Waals surface area contributed by atoms with Crippen LogP contribution in [0.25, 0.3) is 0 Å². The van der Waals surface area contributed by atoms with E-state index in [0.29, 0.717) is 6.54 Å². The highest BCUT2D eigenvalue weighted by molar-refractivity contribution is 9.10. The van der Waals surface area contributed by atoms with Crippen molar-refractivity contribution >= 4 is 22.0 Å². The van der Waals surface area contributed by atoms with E-state index in [1.807, 2.05) is 16.6 Å². The van der Waals surface area contributed by atoms with Gasteiger partial charge in [0, 0.05) is 26.7 Å². The number of likely N-dealkylation sites (N-methyl/N-ethyl adjacent to an activating group) is 1. The number of nitrogens with zero attached hydrogens (tertiary/aromatic N) is 4. The zero-order valence-electron chi connectivity index (χ0n) is 11.1. The van der Waals surface area contributed by atoms with Crippen molar-refractivity contribution in [3.8, 4) is 0 Å². The predicted octanol–water partition coefficient (Wildman–Crippen LogP) is 2.10. The zero-order valence-corrected chi connectivity index (χ0v) is 12.7. The second kappa shape index (κ2) is 5.30. The quantitative estimate of drug-likeness (QED) is 0.854. The topological polar surface area (TPSA) is 41.4 Å². The largest absolute Gasteiger partial charge is 0.326 e. The first-order valence-corrected chi connectivity index (χ1v) is 7.11. The van der Waals surface area contributed by atoms with Crippen molar-refractivity contribution in [3.63, 3.8) is 0 Å². The highest BCUT2D eigenvalue weighted by Crippen LogP contribution is 2.24. The summed E-state index contributed by atoms with van der Waals surface area (Å²) in [5.41, 5.74) is 2.16. The molecule has 1 aliphatic heterocycles. The van der Waals surface area contributed by atoms with Crippen LogP contribution < -0.4 is 0 Å². The van der Waals surface area contributed by atoms with Crippen LogP contribution >= 0.6 is 15.9 Å². The van der Waals surface area contributed by atoms with Crippen LogP contribution in [0, 0.1) is 0 Å². The lowest BCUT2D eigenvalue weighted by atomic mass is 10.3. The lowest BCUT2D eigenvalue weighted by molar-refractivity contribution is 0.195. The SMILES string of the molecule is CCc1nn(CC)c(CN2CCN(C)C2=O)c1Br. The van der Waals surface area contributed by atoms with Gasteiger partial charge in [-0.3, -0.25) is 4.68 Å². The number of rotatable bonds is 4. The summed E-state index contributed by atoms with van der Waals surface area (Å²) in [4.78, 5) is 15.5. The third-order valence-corrected chi connectivity index (χ3v) is 4.25. The maximum atomic E-state index is 11.9. The van der Waals surface area contributed by atoms with Crippen LogP contribution in [0.3, 0.4) is 0 Å². The first-order valence-electron chi connectivity index (χ1n) is 6.32. The van der Waals surface area contributed by atoms with Gasteiger partial charge >= 0.3 is 6.03 Å². The fourth-order valence-corrected chi connectivity index (χ4v) is 2.89. The van der Waals surface area contributed by atoms with Crippen molar-refractivity contribution in [1.82, 2.24) is 19.6 Å². The Kier molecular flexibility index (Phi) is 3.94. The summed E-state index contributed by atoms with van der Waals surface area (Å²) in [6.45, 7) is 7.21. The molecule has 2 amide bonds. The van der Waals surface area contributed by atoms with Crippen molar-refractivity contribution in [3.05, 3.63) is 15.9 Å². The van der Waals surface area contributed by atoms with Crippen molar-refractivity contribution < 1.29 is 4.79 Å². The van der Waals surface area contributed by atoms with E-state index in [0.717, 1.165) is 41.9 Å². The molecule has 6 heteroatoms. The molecule has 0 radical (unpaired) electrons. The summed E-state index contributed by atoms with van der Waals surface area (Å²) in [6, 6.07) is 0.101. The van der Waals surface area contributed by atoms with Gasteiger partial charge in [-0.25, -0.2) is 4.79 Å². The minimum atomic E-state index is 0.101. The molecule has 1 saturated heterocycles. The van der Waals surface area contributed by atoms with Gasteiger partial charge in [-0.1, -0.05) is 6.92 Å². The van der Waals surface area contributed by atoms with E-state index in [-0.39, 0.29) is 6.03 Å². The van der Waals surface area contributed by atoms with Crippen LogP contribution in [0.15, 0.2) is 4.47 Å². The van der Waals surface area contributed by atoms with Crippen molar-refractivity contribution in [1.29, 1.82) is 0 Å². The average Bonchev–Trinajstić information content (AvgIpc) is 2.85. The average molecular weight is 315 g/mol. The molecule has 1 aliphatic rings. The number of hydrogen-bond donors (Lipinski definition) is 0. The third kappa shape index (κ3) is 2.25. The standard InChI is InChI=1S/C12H19BrN4O/c1-4-9-11(13)10(17(5-2)14-9)8-16-7-6-15(3)12(16)18/h4-8H2,1-3H3. The van der Waals surface area contributed by atoms with E-state index in [2.05, 4.69) is 34.9 Å². The lowest BCUT2D eigenvalue weighted by Gasteiger charge is -2.16. The Morgan fingerprint density at radius 3 is 2.56 bits per heavy atom. The van der Waals surface area contributed by atoms with E-state index >= 15 is 0 Å². The lowest BCUT2D eigenvalue weighted by Crippen LogP contribution is -2.30. The molecule has 0 bridgehead atoms. The van der Waals surface area contributed by atoms with Gasteiger partial charge in [-0.05, 0) is 29.3 Å². The van der Waals surface area contributed by atoms with Crippen LogP contribution in [-0.4, -0.2) is 45.7 Å². The molecule has 0 aliphatic carbocycles. The number of amides is 2. The fraction of sp³-hybridized carbons (Fsp3) is 0.667. The number of aryl methyl sites for hydroxylation is 2. The summed E-state index contributed by atoms with van der Waals surface area (Å²) < 4.78 is 3.03. The predicted molar refractivity (Wildman–Crippen MR) is 73.4 cm³/mol. The minimum Gasteiger partial charge on any atom is -0.326 e. The Morgan fingerprint density at radius 1 is 1.33 bits per heavy atom. The zero-order chi connectivity index (χ0) is 13.3. The molecule has 1 aromatic heterocycles. The van der Waals surface area contributed by atoms with Gasteiger partial charge in [-0.15, -0.1) is 0 Å². The van der Waals surface area contributed by atoms with Gasteiger partial charge in [0.25, 0.3) is 0 Å². The molecule has 5 nitrogen and oxygen atoms in total. The number of urea groups is 1. The monoisotopic (exact) mass is 314 g/mol. The summed E-state index contributed by atoms with van der Waals surface area (Å²) in [5.74, 6) is 0. The molecule has 0 unspecified atom stereocenters. The van der Waals surface area contributed by atoms with Crippen LogP contribution in [0.2, 0.25) is 0 Å². The molecule has 2 heterocycles. The highest BCUT2D eigenvalue weighted by Gasteiger charge is 2.27. The second-order valence-electron chi connectivity index (χ2n) is 4.50. The number of halogens is 1. The maximum absolute atomic E-state index is 11.9. The molecule has 100 valence electrons. The van der Waals surface area contributed by atoms with Gasteiger partial charge in [0.15, 0.2) is 0 Å². The van der Waals surface area contributed by atoms with Crippen LogP contribution in [0.1, 0.15) is 25.2 Å². The Hall–Kier alpha value is -1.04. The minimum absolute atomic E-state index is 0.101. The summed E-state index contributed by atoms with van der Waals surface area (Å²) in [5, 5.41) is 4.55. The molecule has 0 N–H and O–H groups in total. The maximum Gasteiger partial charge on any atom is 0.320 e. The first kappa shape index (κ1) is 13.4. The van der Waals surface area contributed by atoms with Crippen molar-refractivity contribution in [2.24, 2.45) is 0 Å². The van der Waals surface area contributed by atoms with E-state index in [9.17, 15) is 4.79 Å².